The highest BCUT2D eigenvalue weighted by molar-refractivity contribution is 5.78. The van der Waals surface area contributed by atoms with Gasteiger partial charge in [0, 0.05) is 19.5 Å². The molecule has 1 atom stereocenters. The Kier molecular flexibility index (Phi) is 2.30. The number of carboxylic acids is 1. The normalized spacial score (nSPS) is 31.3. The van der Waals surface area contributed by atoms with Gasteiger partial charge in [-0.25, -0.2) is 4.79 Å². The number of likely N-dealkylation sites (tertiary alicyclic amines) is 1. The lowest BCUT2D eigenvalue weighted by Crippen LogP contribution is -2.38. The first-order chi connectivity index (χ1) is 7.01. The number of rotatable bonds is 2. The first kappa shape index (κ1) is 10.2. The van der Waals surface area contributed by atoms with Crippen LogP contribution in [0.1, 0.15) is 6.42 Å². The lowest BCUT2D eigenvalue weighted by Gasteiger charge is -2.20. The van der Waals surface area contributed by atoms with E-state index in [1.807, 2.05) is 7.05 Å². The lowest BCUT2D eigenvalue weighted by atomic mass is 10.0. The largest absolute Gasteiger partial charge is 0.480 e. The highest BCUT2D eigenvalue weighted by Crippen LogP contribution is 2.31. The summed E-state index contributed by atoms with van der Waals surface area (Å²) in [6.45, 7) is 1.69. The van der Waals surface area contributed by atoms with Crippen LogP contribution in [0.25, 0.3) is 0 Å². The number of aliphatic carboxylic acids is 1. The molecule has 6 heteroatoms. The molecule has 2 fully saturated rings. The predicted octanol–water partition coefficient (Wildman–Crippen LogP) is -0.402. The molecular formula is C9H14N2O4. The minimum absolute atomic E-state index is 0.274. The topological polar surface area (TPSA) is 70.1 Å². The summed E-state index contributed by atoms with van der Waals surface area (Å²) in [7, 11) is 1.96. The van der Waals surface area contributed by atoms with Crippen LogP contribution < -0.4 is 0 Å². The number of hydrogen-bond donors (Lipinski definition) is 1. The van der Waals surface area contributed by atoms with Gasteiger partial charge in [0.1, 0.15) is 12.1 Å². The molecule has 1 N–H and O–H groups in total. The van der Waals surface area contributed by atoms with E-state index in [2.05, 4.69) is 4.90 Å². The number of hydrogen-bond acceptors (Lipinski definition) is 4. The summed E-state index contributed by atoms with van der Waals surface area (Å²) >= 11 is 0. The van der Waals surface area contributed by atoms with E-state index in [0.717, 1.165) is 13.0 Å². The van der Waals surface area contributed by atoms with Crippen molar-refractivity contribution in [3.63, 3.8) is 0 Å². The van der Waals surface area contributed by atoms with Crippen molar-refractivity contribution in [2.24, 2.45) is 0 Å². The van der Waals surface area contributed by atoms with Crippen LogP contribution in [0.3, 0.4) is 0 Å². The molecule has 6 nitrogen and oxygen atoms in total. The highest BCUT2D eigenvalue weighted by atomic mass is 16.6. The quantitative estimate of drug-likeness (QED) is 0.677. The van der Waals surface area contributed by atoms with Crippen LogP contribution in [0.2, 0.25) is 0 Å². The summed E-state index contributed by atoms with van der Waals surface area (Å²) in [6, 6.07) is 0. The van der Waals surface area contributed by atoms with Crippen LogP contribution >= 0.6 is 0 Å². The smallest absolute Gasteiger partial charge is 0.411 e. The van der Waals surface area contributed by atoms with Crippen molar-refractivity contribution < 1.29 is 19.4 Å². The Labute approximate surface area is 87.4 Å². The summed E-state index contributed by atoms with van der Waals surface area (Å²) in [5.41, 5.74) is -0.471. The molecule has 84 valence electrons. The van der Waals surface area contributed by atoms with Crippen molar-refractivity contribution in [1.82, 2.24) is 9.80 Å². The SMILES string of the molecule is CN1CCC2(C1)CN(CC(=O)O)C(=O)O2. The molecule has 2 heterocycles. The third kappa shape index (κ3) is 1.90. The Morgan fingerprint density at radius 2 is 2.33 bits per heavy atom. The number of carbonyl (C=O) groups excluding carboxylic acids is 1. The van der Waals surface area contributed by atoms with Gasteiger partial charge in [0.25, 0.3) is 0 Å². The number of amides is 1. The fourth-order valence-electron chi connectivity index (χ4n) is 2.24. The van der Waals surface area contributed by atoms with Gasteiger partial charge < -0.3 is 14.7 Å². The molecule has 0 aliphatic carbocycles. The Morgan fingerprint density at radius 3 is 2.87 bits per heavy atom. The van der Waals surface area contributed by atoms with E-state index in [9.17, 15) is 9.59 Å². The van der Waals surface area contributed by atoms with E-state index in [4.69, 9.17) is 9.84 Å². The number of nitrogens with zero attached hydrogens (tertiary/aromatic N) is 2. The predicted molar refractivity (Wildman–Crippen MR) is 50.5 cm³/mol. The van der Waals surface area contributed by atoms with Gasteiger partial charge in [0.2, 0.25) is 0 Å². The van der Waals surface area contributed by atoms with Gasteiger partial charge in [-0.1, -0.05) is 0 Å². The van der Waals surface area contributed by atoms with E-state index >= 15 is 0 Å². The van der Waals surface area contributed by atoms with E-state index in [1.165, 1.54) is 4.90 Å². The van der Waals surface area contributed by atoms with Crippen LogP contribution in [-0.4, -0.2) is 65.8 Å². The molecule has 0 aromatic carbocycles. The number of likely N-dealkylation sites (N-methyl/N-ethyl adjacent to an activating group) is 1. The summed E-state index contributed by atoms with van der Waals surface area (Å²) in [5.74, 6) is -1.00. The molecule has 0 radical (unpaired) electrons. The summed E-state index contributed by atoms with van der Waals surface area (Å²) in [5, 5.41) is 8.62. The zero-order valence-electron chi connectivity index (χ0n) is 8.60. The second kappa shape index (κ2) is 3.37. The number of ether oxygens (including phenoxy) is 1. The number of carbonyl (C=O) groups is 2. The standard InChI is InChI=1S/C9H14N2O4/c1-10-3-2-9(5-10)6-11(4-7(12)13)8(14)15-9/h2-6H2,1H3,(H,12,13). The molecule has 1 spiro atoms. The maximum absolute atomic E-state index is 11.4. The third-order valence-corrected chi connectivity index (χ3v) is 2.87. The summed E-state index contributed by atoms with van der Waals surface area (Å²) in [6.07, 6.45) is 0.276. The number of carboxylic acid groups (broad SMARTS) is 1. The Bertz CT molecular complexity index is 306. The van der Waals surface area contributed by atoms with Crippen LogP contribution in [0.4, 0.5) is 4.79 Å². The zero-order chi connectivity index (χ0) is 11.1. The Balaban J connectivity index is 2.03. The fraction of sp³-hybridized carbons (Fsp3) is 0.778. The second-order valence-corrected chi connectivity index (χ2v) is 4.29. The Morgan fingerprint density at radius 1 is 1.60 bits per heavy atom. The highest BCUT2D eigenvalue weighted by Gasteiger charge is 2.49. The van der Waals surface area contributed by atoms with E-state index in [1.54, 1.807) is 0 Å². The fourth-order valence-corrected chi connectivity index (χ4v) is 2.24. The minimum atomic E-state index is -1.00. The molecule has 2 aliphatic heterocycles. The van der Waals surface area contributed by atoms with E-state index < -0.39 is 17.7 Å². The summed E-state index contributed by atoms with van der Waals surface area (Å²) < 4.78 is 5.28. The molecular weight excluding hydrogens is 200 g/mol. The van der Waals surface area contributed by atoms with E-state index in [0.29, 0.717) is 13.1 Å². The van der Waals surface area contributed by atoms with Crippen molar-refractivity contribution in [2.45, 2.75) is 12.0 Å². The lowest BCUT2D eigenvalue weighted by molar-refractivity contribution is -0.137. The third-order valence-electron chi connectivity index (χ3n) is 2.87. The minimum Gasteiger partial charge on any atom is -0.480 e. The molecule has 15 heavy (non-hydrogen) atoms. The van der Waals surface area contributed by atoms with Gasteiger partial charge in [0.15, 0.2) is 0 Å². The monoisotopic (exact) mass is 214 g/mol. The average molecular weight is 214 g/mol. The molecule has 0 saturated carbocycles. The summed E-state index contributed by atoms with van der Waals surface area (Å²) in [4.78, 5) is 25.2. The van der Waals surface area contributed by atoms with Crippen molar-refractivity contribution in [2.75, 3.05) is 33.2 Å². The van der Waals surface area contributed by atoms with Crippen molar-refractivity contribution in [1.29, 1.82) is 0 Å². The average Bonchev–Trinajstić information content (AvgIpc) is 2.58. The van der Waals surface area contributed by atoms with Crippen molar-refractivity contribution in [3.8, 4) is 0 Å². The molecule has 1 unspecified atom stereocenters. The van der Waals surface area contributed by atoms with Gasteiger partial charge in [-0.15, -0.1) is 0 Å². The maximum Gasteiger partial charge on any atom is 0.411 e. The van der Waals surface area contributed by atoms with Crippen LogP contribution in [0.5, 0.6) is 0 Å². The van der Waals surface area contributed by atoms with E-state index in [-0.39, 0.29) is 6.54 Å². The molecule has 0 bridgehead atoms. The van der Waals surface area contributed by atoms with Gasteiger partial charge >= 0.3 is 12.1 Å². The van der Waals surface area contributed by atoms with Crippen LogP contribution in [-0.2, 0) is 9.53 Å². The van der Waals surface area contributed by atoms with Crippen molar-refractivity contribution in [3.05, 3.63) is 0 Å². The molecule has 0 aromatic heterocycles. The first-order valence-corrected chi connectivity index (χ1v) is 4.89. The molecule has 2 saturated heterocycles. The van der Waals surface area contributed by atoms with Gasteiger partial charge in [-0.3, -0.25) is 9.69 Å². The molecule has 2 aliphatic rings. The molecule has 0 aromatic rings. The molecule has 2 rings (SSSR count). The second-order valence-electron chi connectivity index (χ2n) is 4.29. The van der Waals surface area contributed by atoms with Gasteiger partial charge in [-0.2, -0.15) is 0 Å². The van der Waals surface area contributed by atoms with Crippen LogP contribution in [0.15, 0.2) is 0 Å². The van der Waals surface area contributed by atoms with Gasteiger partial charge in [0.05, 0.1) is 6.54 Å². The van der Waals surface area contributed by atoms with Gasteiger partial charge in [-0.05, 0) is 7.05 Å². The van der Waals surface area contributed by atoms with Crippen molar-refractivity contribution >= 4 is 12.1 Å². The molecule has 1 amide bonds. The Hall–Kier alpha value is -1.30. The van der Waals surface area contributed by atoms with Crippen LogP contribution in [0, 0.1) is 0 Å². The maximum atomic E-state index is 11.4. The first-order valence-electron chi connectivity index (χ1n) is 4.89. The zero-order valence-corrected chi connectivity index (χ0v) is 8.60.